The van der Waals surface area contributed by atoms with Crippen molar-refractivity contribution in [2.24, 2.45) is 7.05 Å². The fourth-order valence-corrected chi connectivity index (χ4v) is 3.58. The first-order valence-electron chi connectivity index (χ1n) is 7.85. The molecule has 1 saturated heterocycles. The highest BCUT2D eigenvalue weighted by molar-refractivity contribution is 7.99. The molecule has 0 aromatic carbocycles. The van der Waals surface area contributed by atoms with Crippen LogP contribution in [0.2, 0.25) is 0 Å². The van der Waals surface area contributed by atoms with Gasteiger partial charge in [-0.1, -0.05) is 0 Å². The summed E-state index contributed by atoms with van der Waals surface area (Å²) in [5.41, 5.74) is 0.951. The molecule has 1 fully saturated rings. The number of nitrogens with one attached hydrogen (secondary N) is 1. The zero-order valence-corrected chi connectivity index (χ0v) is 14.9. The Balaban J connectivity index is 1.82. The summed E-state index contributed by atoms with van der Waals surface area (Å²) >= 11 is 1.54. The number of aromatic nitrogens is 5. The summed E-state index contributed by atoms with van der Waals surface area (Å²) in [5.74, 6) is 2.29. The fraction of sp³-hybridized carbons (Fsp3) is 0.600. The van der Waals surface area contributed by atoms with Crippen molar-refractivity contribution in [1.82, 2.24) is 30.0 Å². The third-order valence-electron chi connectivity index (χ3n) is 3.99. The molecule has 2 aromatic rings. The van der Waals surface area contributed by atoms with Crippen LogP contribution in [0.5, 0.6) is 0 Å². The van der Waals surface area contributed by atoms with Crippen LogP contribution in [0.1, 0.15) is 30.3 Å². The SMILES string of the molecule is Cc1cc(Sc2nnc(C3CCNCC3)n2C)nc(N(C)C)n1. The molecule has 23 heavy (non-hydrogen) atoms. The van der Waals surface area contributed by atoms with Gasteiger partial charge in [-0.25, -0.2) is 9.97 Å². The standard InChI is InChI=1S/C15H23N7S/c1-10-9-12(18-14(17-10)21(2)3)23-15-20-19-13(22(15)4)11-5-7-16-8-6-11/h9,11,16H,5-8H2,1-4H3. The van der Waals surface area contributed by atoms with Crippen LogP contribution in [0.4, 0.5) is 5.95 Å². The molecule has 1 aliphatic heterocycles. The van der Waals surface area contributed by atoms with E-state index in [1.807, 2.05) is 39.0 Å². The normalized spacial score (nSPS) is 15.8. The topological polar surface area (TPSA) is 71.8 Å². The lowest BCUT2D eigenvalue weighted by atomic mass is 9.97. The maximum absolute atomic E-state index is 4.58. The Labute approximate surface area is 140 Å². The van der Waals surface area contributed by atoms with Crippen molar-refractivity contribution in [3.63, 3.8) is 0 Å². The van der Waals surface area contributed by atoms with Crippen molar-refractivity contribution in [2.45, 2.75) is 35.9 Å². The number of anilines is 1. The van der Waals surface area contributed by atoms with Crippen molar-refractivity contribution in [3.8, 4) is 0 Å². The fourth-order valence-electron chi connectivity index (χ4n) is 2.72. The highest BCUT2D eigenvalue weighted by Gasteiger charge is 2.22. The van der Waals surface area contributed by atoms with E-state index in [0.29, 0.717) is 11.9 Å². The van der Waals surface area contributed by atoms with E-state index >= 15 is 0 Å². The molecule has 1 N–H and O–H groups in total. The van der Waals surface area contributed by atoms with Crippen LogP contribution in [0.15, 0.2) is 16.2 Å². The largest absolute Gasteiger partial charge is 0.347 e. The molecule has 0 radical (unpaired) electrons. The Bertz CT molecular complexity index is 676. The quantitative estimate of drug-likeness (QED) is 0.852. The second-order valence-electron chi connectivity index (χ2n) is 6.07. The number of rotatable bonds is 4. The van der Waals surface area contributed by atoms with Gasteiger partial charge in [-0.05, 0) is 50.7 Å². The van der Waals surface area contributed by atoms with E-state index < -0.39 is 0 Å². The number of hydrogen-bond acceptors (Lipinski definition) is 7. The summed E-state index contributed by atoms with van der Waals surface area (Å²) in [5, 5.41) is 14.0. The summed E-state index contributed by atoms with van der Waals surface area (Å²) in [6, 6.07) is 1.98. The Hall–Kier alpha value is -1.67. The van der Waals surface area contributed by atoms with E-state index in [9.17, 15) is 0 Å². The van der Waals surface area contributed by atoms with Crippen LogP contribution < -0.4 is 10.2 Å². The highest BCUT2D eigenvalue weighted by Crippen LogP contribution is 2.30. The minimum Gasteiger partial charge on any atom is -0.347 e. The van der Waals surface area contributed by atoms with E-state index in [4.69, 9.17) is 0 Å². The molecule has 3 rings (SSSR count). The van der Waals surface area contributed by atoms with Gasteiger partial charge in [0.05, 0.1) is 0 Å². The van der Waals surface area contributed by atoms with Gasteiger partial charge in [0.2, 0.25) is 5.95 Å². The van der Waals surface area contributed by atoms with Gasteiger partial charge in [-0.15, -0.1) is 10.2 Å². The molecule has 0 bridgehead atoms. The third-order valence-corrected chi connectivity index (χ3v) is 4.94. The zero-order chi connectivity index (χ0) is 16.4. The first-order chi connectivity index (χ1) is 11.0. The molecule has 0 spiro atoms. The minimum absolute atomic E-state index is 0.493. The summed E-state index contributed by atoms with van der Waals surface area (Å²) in [4.78, 5) is 10.9. The number of piperidine rings is 1. The van der Waals surface area contributed by atoms with Gasteiger partial charge >= 0.3 is 0 Å². The van der Waals surface area contributed by atoms with Crippen LogP contribution >= 0.6 is 11.8 Å². The summed E-state index contributed by atoms with van der Waals surface area (Å²) in [6.07, 6.45) is 2.24. The molecule has 124 valence electrons. The Morgan fingerprint density at radius 1 is 1.22 bits per heavy atom. The van der Waals surface area contributed by atoms with Gasteiger partial charge in [0.25, 0.3) is 0 Å². The lowest BCUT2D eigenvalue weighted by Crippen LogP contribution is -2.27. The lowest BCUT2D eigenvalue weighted by molar-refractivity contribution is 0.434. The van der Waals surface area contributed by atoms with E-state index in [1.165, 1.54) is 0 Å². The molecule has 0 atom stereocenters. The molecule has 0 amide bonds. The molecular weight excluding hydrogens is 310 g/mol. The molecule has 7 nitrogen and oxygen atoms in total. The van der Waals surface area contributed by atoms with Gasteiger partial charge in [0.1, 0.15) is 10.9 Å². The molecule has 3 heterocycles. The van der Waals surface area contributed by atoms with Crippen LogP contribution in [0, 0.1) is 6.92 Å². The highest BCUT2D eigenvalue weighted by atomic mass is 32.2. The molecule has 1 aliphatic rings. The summed E-state index contributed by atoms with van der Waals surface area (Å²) in [6.45, 7) is 4.09. The van der Waals surface area contributed by atoms with Crippen LogP contribution in [-0.2, 0) is 7.05 Å². The maximum Gasteiger partial charge on any atom is 0.226 e. The van der Waals surface area contributed by atoms with E-state index in [-0.39, 0.29) is 0 Å². The maximum atomic E-state index is 4.58. The smallest absolute Gasteiger partial charge is 0.226 e. The van der Waals surface area contributed by atoms with Crippen molar-refractivity contribution in [1.29, 1.82) is 0 Å². The van der Waals surface area contributed by atoms with Crippen LogP contribution in [0.25, 0.3) is 0 Å². The second-order valence-corrected chi connectivity index (χ2v) is 7.06. The van der Waals surface area contributed by atoms with Crippen molar-refractivity contribution < 1.29 is 0 Å². The van der Waals surface area contributed by atoms with Crippen molar-refractivity contribution >= 4 is 17.7 Å². The Kier molecular flexibility index (Phi) is 4.82. The number of aryl methyl sites for hydroxylation is 1. The average molecular weight is 333 g/mol. The van der Waals surface area contributed by atoms with Gasteiger partial charge in [0, 0.05) is 32.8 Å². The predicted octanol–water partition coefficient (Wildman–Crippen LogP) is 1.60. The Morgan fingerprint density at radius 3 is 2.65 bits per heavy atom. The van der Waals surface area contributed by atoms with E-state index in [1.54, 1.807) is 11.8 Å². The van der Waals surface area contributed by atoms with E-state index in [2.05, 4.69) is 30.0 Å². The van der Waals surface area contributed by atoms with Gasteiger partial charge in [0.15, 0.2) is 5.16 Å². The summed E-state index contributed by atoms with van der Waals surface area (Å²) in [7, 11) is 5.93. The first-order valence-corrected chi connectivity index (χ1v) is 8.67. The third kappa shape index (κ3) is 3.64. The average Bonchev–Trinajstić information content (AvgIpc) is 2.88. The predicted molar refractivity (Wildman–Crippen MR) is 91.1 cm³/mol. The van der Waals surface area contributed by atoms with E-state index in [0.717, 1.165) is 47.6 Å². The first kappa shape index (κ1) is 16.2. The molecule has 8 heteroatoms. The lowest BCUT2D eigenvalue weighted by Gasteiger charge is -2.21. The molecule has 2 aromatic heterocycles. The monoisotopic (exact) mass is 333 g/mol. The molecular formula is C15H23N7S. The van der Waals surface area contributed by atoms with Gasteiger partial charge in [-0.3, -0.25) is 0 Å². The van der Waals surface area contributed by atoms with Crippen LogP contribution in [-0.4, -0.2) is 51.9 Å². The summed E-state index contributed by atoms with van der Waals surface area (Å²) < 4.78 is 2.10. The minimum atomic E-state index is 0.493. The van der Waals surface area contributed by atoms with Gasteiger partial charge < -0.3 is 14.8 Å². The van der Waals surface area contributed by atoms with Gasteiger partial charge in [-0.2, -0.15) is 0 Å². The second kappa shape index (κ2) is 6.84. The zero-order valence-electron chi connectivity index (χ0n) is 14.1. The van der Waals surface area contributed by atoms with Crippen LogP contribution in [0.3, 0.4) is 0 Å². The molecule has 0 unspecified atom stereocenters. The number of nitrogens with zero attached hydrogens (tertiary/aromatic N) is 6. The van der Waals surface area contributed by atoms with Crippen molar-refractivity contribution in [2.75, 3.05) is 32.1 Å². The Morgan fingerprint density at radius 2 is 1.96 bits per heavy atom. The molecule has 0 saturated carbocycles. The van der Waals surface area contributed by atoms with Crippen molar-refractivity contribution in [3.05, 3.63) is 17.6 Å². The number of hydrogen-bond donors (Lipinski definition) is 1. The molecule has 0 aliphatic carbocycles.